The summed E-state index contributed by atoms with van der Waals surface area (Å²) in [6.07, 6.45) is 7.24. The number of hydrogen-bond acceptors (Lipinski definition) is 2. The summed E-state index contributed by atoms with van der Waals surface area (Å²) in [5, 5.41) is 2.46. The van der Waals surface area contributed by atoms with Gasteiger partial charge in [-0.2, -0.15) is 0 Å². The predicted molar refractivity (Wildman–Crippen MR) is 79.8 cm³/mol. The van der Waals surface area contributed by atoms with Crippen LogP contribution in [-0.4, -0.2) is 4.98 Å². The van der Waals surface area contributed by atoms with Crippen LogP contribution in [0.2, 0.25) is 0 Å². The molecule has 1 fully saturated rings. The molecule has 1 aliphatic carbocycles. The number of hydrogen-bond donors (Lipinski definition) is 1. The van der Waals surface area contributed by atoms with Gasteiger partial charge in [0.25, 0.3) is 0 Å². The van der Waals surface area contributed by atoms with Gasteiger partial charge in [0.2, 0.25) is 0 Å². The molecular formula is C17H22N2. The minimum Gasteiger partial charge on any atom is -0.321 e. The molecule has 1 aliphatic rings. The summed E-state index contributed by atoms with van der Waals surface area (Å²) in [4.78, 5) is 4.40. The smallest absolute Gasteiger partial charge is 0.0433 e. The molecular weight excluding hydrogens is 232 g/mol. The summed E-state index contributed by atoms with van der Waals surface area (Å²) in [6, 6.07) is 8.43. The maximum Gasteiger partial charge on any atom is 0.0433 e. The zero-order chi connectivity index (χ0) is 13.5. The van der Waals surface area contributed by atoms with E-state index in [1.807, 2.05) is 12.4 Å². The highest BCUT2D eigenvalue weighted by atomic mass is 14.8. The van der Waals surface area contributed by atoms with E-state index in [2.05, 4.69) is 43.1 Å². The summed E-state index contributed by atoms with van der Waals surface area (Å²) < 4.78 is 0. The molecule has 3 unspecified atom stereocenters. The molecule has 0 aliphatic heterocycles. The third-order valence-electron chi connectivity index (χ3n) is 4.91. The van der Waals surface area contributed by atoms with Crippen molar-refractivity contribution in [1.29, 1.82) is 0 Å². The Hall–Kier alpha value is -1.41. The van der Waals surface area contributed by atoms with Crippen molar-refractivity contribution >= 4 is 10.8 Å². The summed E-state index contributed by atoms with van der Waals surface area (Å²) in [7, 11) is 0. The summed E-state index contributed by atoms with van der Waals surface area (Å²) in [6.45, 7) is 4.66. The summed E-state index contributed by atoms with van der Waals surface area (Å²) in [5.41, 5.74) is 7.78. The molecule has 0 bridgehead atoms. The Morgan fingerprint density at radius 1 is 1.16 bits per heavy atom. The maximum atomic E-state index is 6.76. The van der Waals surface area contributed by atoms with Crippen LogP contribution in [0.4, 0.5) is 0 Å². The Kier molecular flexibility index (Phi) is 3.06. The molecule has 1 saturated carbocycles. The number of nitrogens with two attached hydrogens (primary N) is 1. The molecule has 2 aromatic rings. The molecule has 2 heteroatoms. The Balaban J connectivity index is 2.09. The number of pyridine rings is 1. The third-order valence-corrected chi connectivity index (χ3v) is 4.91. The monoisotopic (exact) mass is 254 g/mol. The van der Waals surface area contributed by atoms with E-state index in [0.717, 1.165) is 18.8 Å². The fraction of sp³-hybridized carbons (Fsp3) is 0.471. The minimum atomic E-state index is -0.209. The van der Waals surface area contributed by atoms with Gasteiger partial charge in [0.05, 0.1) is 0 Å². The highest BCUT2D eigenvalue weighted by Crippen LogP contribution is 2.42. The van der Waals surface area contributed by atoms with Crippen molar-refractivity contribution in [2.45, 2.75) is 38.6 Å². The van der Waals surface area contributed by atoms with Crippen LogP contribution in [-0.2, 0) is 5.54 Å². The normalized spacial score (nSPS) is 31.5. The predicted octanol–water partition coefficient (Wildman–Crippen LogP) is 3.84. The van der Waals surface area contributed by atoms with E-state index < -0.39 is 0 Å². The van der Waals surface area contributed by atoms with Crippen molar-refractivity contribution in [2.75, 3.05) is 0 Å². The van der Waals surface area contributed by atoms with E-state index in [0.29, 0.717) is 5.92 Å². The van der Waals surface area contributed by atoms with Gasteiger partial charge in [0, 0.05) is 23.3 Å². The Bertz CT molecular complexity index is 587. The van der Waals surface area contributed by atoms with Crippen LogP contribution in [0.3, 0.4) is 0 Å². The second kappa shape index (κ2) is 4.61. The number of benzene rings is 1. The zero-order valence-corrected chi connectivity index (χ0v) is 11.8. The highest BCUT2D eigenvalue weighted by molar-refractivity contribution is 5.85. The van der Waals surface area contributed by atoms with E-state index in [4.69, 9.17) is 5.73 Å². The zero-order valence-electron chi connectivity index (χ0n) is 11.8. The van der Waals surface area contributed by atoms with E-state index in [-0.39, 0.29) is 5.54 Å². The van der Waals surface area contributed by atoms with Gasteiger partial charge in [0.15, 0.2) is 0 Å². The lowest BCUT2D eigenvalue weighted by atomic mass is 9.68. The lowest BCUT2D eigenvalue weighted by Crippen LogP contribution is -2.43. The molecule has 1 aromatic carbocycles. The molecule has 0 amide bonds. The molecule has 0 spiro atoms. The molecule has 1 aromatic heterocycles. The lowest BCUT2D eigenvalue weighted by Gasteiger charge is -2.40. The number of aromatic nitrogens is 1. The molecule has 19 heavy (non-hydrogen) atoms. The number of fused-ring (bicyclic) bond motifs is 1. The number of rotatable bonds is 1. The molecule has 1 heterocycles. The fourth-order valence-electron chi connectivity index (χ4n) is 3.41. The van der Waals surface area contributed by atoms with Crippen LogP contribution in [0.15, 0.2) is 36.7 Å². The second-order valence-corrected chi connectivity index (χ2v) is 6.26. The van der Waals surface area contributed by atoms with E-state index in [1.165, 1.54) is 22.8 Å². The van der Waals surface area contributed by atoms with Crippen molar-refractivity contribution in [3.63, 3.8) is 0 Å². The van der Waals surface area contributed by atoms with Crippen LogP contribution < -0.4 is 5.73 Å². The van der Waals surface area contributed by atoms with Crippen LogP contribution in [0, 0.1) is 11.8 Å². The third kappa shape index (κ3) is 2.14. The maximum absolute atomic E-state index is 6.76. The van der Waals surface area contributed by atoms with Crippen LogP contribution in [0.5, 0.6) is 0 Å². The van der Waals surface area contributed by atoms with Gasteiger partial charge in [-0.1, -0.05) is 38.1 Å². The topological polar surface area (TPSA) is 38.9 Å². The Morgan fingerprint density at radius 2 is 1.95 bits per heavy atom. The SMILES string of the molecule is CC1CCC(N)(c2cncc3ccccc23)CC1C. The molecule has 100 valence electrons. The summed E-state index contributed by atoms with van der Waals surface area (Å²) >= 11 is 0. The van der Waals surface area contributed by atoms with Gasteiger partial charge in [-0.15, -0.1) is 0 Å². The molecule has 2 N–H and O–H groups in total. The molecule has 0 saturated heterocycles. The molecule has 3 atom stereocenters. The van der Waals surface area contributed by atoms with Gasteiger partial charge in [0.1, 0.15) is 0 Å². The second-order valence-electron chi connectivity index (χ2n) is 6.26. The average Bonchev–Trinajstić information content (AvgIpc) is 2.43. The van der Waals surface area contributed by atoms with Crippen molar-refractivity contribution in [3.8, 4) is 0 Å². The van der Waals surface area contributed by atoms with Crippen LogP contribution >= 0.6 is 0 Å². The van der Waals surface area contributed by atoms with Gasteiger partial charge in [-0.3, -0.25) is 4.98 Å². The van der Waals surface area contributed by atoms with Crippen molar-refractivity contribution in [3.05, 3.63) is 42.2 Å². The van der Waals surface area contributed by atoms with Crippen LogP contribution in [0.25, 0.3) is 10.8 Å². The summed E-state index contributed by atoms with van der Waals surface area (Å²) in [5.74, 6) is 1.46. The lowest BCUT2D eigenvalue weighted by molar-refractivity contribution is 0.178. The van der Waals surface area contributed by atoms with Gasteiger partial charge in [-0.05, 0) is 42.0 Å². The largest absolute Gasteiger partial charge is 0.321 e. The van der Waals surface area contributed by atoms with E-state index in [9.17, 15) is 0 Å². The molecule has 2 nitrogen and oxygen atoms in total. The van der Waals surface area contributed by atoms with Gasteiger partial charge < -0.3 is 5.73 Å². The van der Waals surface area contributed by atoms with Crippen molar-refractivity contribution in [2.24, 2.45) is 17.6 Å². The quantitative estimate of drug-likeness (QED) is 0.839. The van der Waals surface area contributed by atoms with E-state index >= 15 is 0 Å². The van der Waals surface area contributed by atoms with Crippen LogP contribution in [0.1, 0.15) is 38.7 Å². The Labute approximate surface area is 115 Å². The first-order valence-corrected chi connectivity index (χ1v) is 7.22. The Morgan fingerprint density at radius 3 is 2.74 bits per heavy atom. The number of nitrogens with zero attached hydrogens (tertiary/aromatic N) is 1. The van der Waals surface area contributed by atoms with E-state index in [1.54, 1.807) is 0 Å². The van der Waals surface area contributed by atoms with Gasteiger partial charge in [-0.25, -0.2) is 0 Å². The minimum absolute atomic E-state index is 0.209. The highest BCUT2D eigenvalue weighted by Gasteiger charge is 2.36. The first kappa shape index (κ1) is 12.6. The fourth-order valence-corrected chi connectivity index (χ4v) is 3.41. The first-order valence-electron chi connectivity index (χ1n) is 7.22. The van der Waals surface area contributed by atoms with Gasteiger partial charge >= 0.3 is 0 Å². The van der Waals surface area contributed by atoms with Crippen molar-refractivity contribution in [1.82, 2.24) is 4.98 Å². The first-order chi connectivity index (χ1) is 9.10. The molecule has 0 radical (unpaired) electrons. The molecule has 3 rings (SSSR count). The van der Waals surface area contributed by atoms with Crippen molar-refractivity contribution < 1.29 is 0 Å². The standard InChI is InChI=1S/C17H22N2/c1-12-7-8-17(18,9-13(12)2)16-11-19-10-14-5-3-4-6-15(14)16/h3-6,10-13H,7-9,18H2,1-2H3. The average molecular weight is 254 g/mol.